The van der Waals surface area contributed by atoms with Crippen LogP contribution in [-0.2, 0) is 41.6 Å². The highest BCUT2D eigenvalue weighted by Crippen LogP contribution is 2.47. The molecular weight excluding hydrogens is 981 g/mol. The molecule has 1 aliphatic heterocycles. The topological polar surface area (TPSA) is 200 Å². The van der Waals surface area contributed by atoms with E-state index < -0.39 is 36.3 Å². The van der Waals surface area contributed by atoms with Crippen LogP contribution in [0.2, 0.25) is 0 Å². The van der Waals surface area contributed by atoms with Crippen LogP contribution in [0, 0.1) is 0 Å². The van der Waals surface area contributed by atoms with Crippen molar-refractivity contribution in [3.63, 3.8) is 0 Å². The second-order valence-corrected chi connectivity index (χ2v) is 23.0. The van der Waals surface area contributed by atoms with Crippen LogP contribution in [0.15, 0.2) is 211 Å². The van der Waals surface area contributed by atoms with E-state index in [9.17, 15) is 48.8 Å². The van der Waals surface area contributed by atoms with E-state index >= 15 is 0 Å². The standard InChI is InChI=1S/C51H38O11S6/c52-50(53)29-33-17-23-42(24-18-33)63-51-37(19-15-34-25-46(36-7-2-1-3-8-36)64-47(26-34)39-9-4-12-43(30-39)66(54,55)56)21-22-38(51)20-16-35-27-48(40-10-5-13-44(31-40)67(57,58)59)65-49(28-35)41-11-6-14-45(32-41)68(60,61)62/h1-20,23-28,30-32H,21-22,29H2,(H3-,52,53,54,55,56,57,58,59,60,61,62)/p+1. The summed E-state index contributed by atoms with van der Waals surface area (Å²) >= 11 is 4.28. The molecule has 2 heterocycles. The number of carboxylic acid groups (broad SMARTS) is 1. The lowest BCUT2D eigenvalue weighted by Crippen LogP contribution is -2.00. The van der Waals surface area contributed by atoms with Crippen molar-refractivity contribution in [3.05, 3.63) is 214 Å². The smallest absolute Gasteiger partial charge is 0.307 e. The molecule has 8 rings (SSSR count). The molecule has 0 fully saturated rings. The Morgan fingerprint density at radius 2 is 1.10 bits per heavy atom. The van der Waals surface area contributed by atoms with Crippen LogP contribution in [0.3, 0.4) is 0 Å². The van der Waals surface area contributed by atoms with Gasteiger partial charge in [0.1, 0.15) is 0 Å². The molecule has 17 heteroatoms. The van der Waals surface area contributed by atoms with Gasteiger partial charge >= 0.3 is 5.97 Å². The minimum atomic E-state index is -4.53. The Morgan fingerprint density at radius 3 is 1.65 bits per heavy atom. The van der Waals surface area contributed by atoms with Crippen LogP contribution in [0.5, 0.6) is 0 Å². The monoisotopic (exact) mass is 1020 g/mol. The number of thioether (sulfide) groups is 2. The average Bonchev–Trinajstić information content (AvgIpc) is 3.70. The number of carboxylic acids is 1. The maximum Gasteiger partial charge on any atom is 0.307 e. The van der Waals surface area contributed by atoms with E-state index in [1.54, 1.807) is 36.4 Å². The first-order valence-electron chi connectivity index (χ1n) is 20.6. The fourth-order valence-corrected chi connectivity index (χ4v) is 12.3. The highest BCUT2D eigenvalue weighted by atomic mass is 32.2. The fourth-order valence-electron chi connectivity index (χ4n) is 7.35. The summed E-state index contributed by atoms with van der Waals surface area (Å²) in [6, 6.07) is 39.0. The Balaban J connectivity index is 1.23. The molecule has 344 valence electrons. The second-order valence-electron chi connectivity index (χ2n) is 15.5. The first-order chi connectivity index (χ1) is 32.4. The van der Waals surface area contributed by atoms with E-state index in [-0.39, 0.29) is 21.1 Å². The van der Waals surface area contributed by atoms with Crippen molar-refractivity contribution in [2.75, 3.05) is 0 Å². The second kappa shape index (κ2) is 20.3. The Morgan fingerprint density at radius 1 is 0.588 bits per heavy atom. The van der Waals surface area contributed by atoms with Crippen molar-refractivity contribution >= 4 is 87.1 Å². The van der Waals surface area contributed by atoms with Crippen molar-refractivity contribution in [1.82, 2.24) is 0 Å². The lowest BCUT2D eigenvalue weighted by atomic mass is 10.1. The van der Waals surface area contributed by atoms with Gasteiger partial charge in [0.25, 0.3) is 30.4 Å². The van der Waals surface area contributed by atoms with Gasteiger partial charge in [-0.25, -0.2) is 0 Å². The SMILES string of the molecule is O=C(O)Cc1ccc(SC2=C(/C=C/c3cc(-c4ccccc4)[s+]c(-c4cccc(S(=O)(=O)O)c4)c3)CC/C2=C\C=C2C=C(c3cccc(S(=O)(=O)O)c3)SC(c3cccc(S(=O)(=O)O)c3)=C2)cc1. The van der Waals surface area contributed by atoms with Gasteiger partial charge in [-0.3, -0.25) is 18.5 Å². The van der Waals surface area contributed by atoms with Gasteiger partial charge in [0.15, 0.2) is 0 Å². The summed E-state index contributed by atoms with van der Waals surface area (Å²) in [5.41, 5.74) is 6.76. The van der Waals surface area contributed by atoms with Crippen molar-refractivity contribution in [1.29, 1.82) is 0 Å². The maximum absolute atomic E-state index is 12.1. The largest absolute Gasteiger partial charge is 0.481 e. The maximum atomic E-state index is 12.1. The lowest BCUT2D eigenvalue weighted by molar-refractivity contribution is -0.136. The minimum absolute atomic E-state index is 0.116. The molecule has 6 aromatic rings. The predicted molar refractivity (Wildman–Crippen MR) is 271 cm³/mol. The Hall–Kier alpha value is -5.99. The van der Waals surface area contributed by atoms with Crippen LogP contribution < -0.4 is 0 Å². The van der Waals surface area contributed by atoms with E-state index in [2.05, 4.69) is 12.1 Å². The summed E-state index contributed by atoms with van der Waals surface area (Å²) in [6.45, 7) is 0. The normalized spacial score (nSPS) is 15.2. The van der Waals surface area contributed by atoms with E-state index in [4.69, 9.17) is 0 Å². The summed E-state index contributed by atoms with van der Waals surface area (Å²) < 4.78 is 102. The first kappa shape index (κ1) is 48.5. The summed E-state index contributed by atoms with van der Waals surface area (Å²) in [6.07, 6.45) is 12.9. The van der Waals surface area contributed by atoms with Crippen LogP contribution in [0.25, 0.3) is 36.8 Å². The third kappa shape index (κ3) is 12.2. The molecule has 0 saturated carbocycles. The molecule has 2 aliphatic rings. The van der Waals surface area contributed by atoms with E-state index in [0.29, 0.717) is 50.5 Å². The highest BCUT2D eigenvalue weighted by Gasteiger charge is 2.24. The number of hydrogen-bond acceptors (Lipinski definition) is 9. The quantitative estimate of drug-likeness (QED) is 0.0594. The molecule has 0 spiro atoms. The summed E-state index contributed by atoms with van der Waals surface area (Å²) in [4.78, 5) is 15.4. The Labute approximate surface area is 406 Å². The molecule has 1 aliphatic carbocycles. The molecule has 0 saturated heterocycles. The van der Waals surface area contributed by atoms with Gasteiger partial charge in [-0.05, 0) is 131 Å². The van der Waals surface area contributed by atoms with Gasteiger partial charge < -0.3 is 5.11 Å². The molecule has 0 atom stereocenters. The molecule has 1 aromatic heterocycles. The number of hydrogen-bond donors (Lipinski definition) is 4. The molecule has 0 bridgehead atoms. The predicted octanol–water partition coefficient (Wildman–Crippen LogP) is 12.3. The third-order valence-corrected chi connectivity index (χ3v) is 16.7. The zero-order valence-corrected chi connectivity index (χ0v) is 40.4. The summed E-state index contributed by atoms with van der Waals surface area (Å²) in [5.74, 6) is -0.936. The van der Waals surface area contributed by atoms with Crippen molar-refractivity contribution < 1.29 is 48.8 Å². The average molecular weight is 1020 g/mol. The molecule has 0 unspecified atom stereocenters. The fraction of sp³-hybridized carbons (Fsp3) is 0.0588. The molecule has 0 amide bonds. The molecule has 4 N–H and O–H groups in total. The molecule has 5 aromatic carbocycles. The highest BCUT2D eigenvalue weighted by molar-refractivity contribution is 8.16. The number of allylic oxidation sites excluding steroid dienone is 8. The van der Waals surface area contributed by atoms with Gasteiger partial charge in [-0.15, -0.1) is 0 Å². The molecular formula is C51H39O11S6+. The van der Waals surface area contributed by atoms with Crippen LogP contribution >= 0.6 is 34.9 Å². The number of aliphatic carboxylic acids is 1. The summed E-state index contributed by atoms with van der Waals surface area (Å²) in [5, 5.41) is 9.37. The minimum Gasteiger partial charge on any atom is -0.481 e. The molecule has 0 radical (unpaired) electrons. The van der Waals surface area contributed by atoms with Gasteiger partial charge in [0.05, 0.1) is 21.1 Å². The van der Waals surface area contributed by atoms with Gasteiger partial charge in [0, 0.05) is 42.9 Å². The van der Waals surface area contributed by atoms with Crippen LogP contribution in [0.1, 0.15) is 35.1 Å². The van der Waals surface area contributed by atoms with E-state index in [0.717, 1.165) is 41.8 Å². The van der Waals surface area contributed by atoms with E-state index in [1.165, 1.54) is 83.4 Å². The lowest BCUT2D eigenvalue weighted by Gasteiger charge is -2.18. The zero-order valence-electron chi connectivity index (χ0n) is 35.5. The van der Waals surface area contributed by atoms with E-state index in [1.807, 2.05) is 78.9 Å². The molecule has 11 nitrogen and oxygen atoms in total. The number of rotatable bonds is 14. The molecule has 68 heavy (non-hydrogen) atoms. The van der Waals surface area contributed by atoms with Gasteiger partial charge in [0.2, 0.25) is 21.1 Å². The van der Waals surface area contributed by atoms with Gasteiger partial charge in [-0.2, -0.15) is 25.3 Å². The zero-order chi connectivity index (χ0) is 48.2. The first-order valence-corrected chi connectivity index (χ1v) is 27.3. The van der Waals surface area contributed by atoms with Crippen molar-refractivity contribution in [2.45, 2.75) is 38.8 Å². The Bertz CT molecular complexity index is 3420. The van der Waals surface area contributed by atoms with Crippen LogP contribution in [0.4, 0.5) is 0 Å². The van der Waals surface area contributed by atoms with Crippen molar-refractivity contribution in [2.24, 2.45) is 0 Å². The number of carbonyl (C=O) groups is 1. The van der Waals surface area contributed by atoms with Gasteiger partial charge in [-0.1, -0.05) is 108 Å². The number of benzene rings is 5. The third-order valence-electron chi connectivity index (χ3n) is 10.6. The van der Waals surface area contributed by atoms with Crippen LogP contribution in [-0.4, -0.2) is 50.0 Å². The Kier molecular flexibility index (Phi) is 14.5. The summed E-state index contributed by atoms with van der Waals surface area (Å²) in [7, 11) is -13.5. The van der Waals surface area contributed by atoms with Crippen molar-refractivity contribution in [3.8, 4) is 20.9 Å².